The number of carbonyl (C=O) groups excluding carboxylic acids is 1. The van der Waals surface area contributed by atoms with Crippen LogP contribution in [0.4, 0.5) is 4.39 Å². The Hall–Kier alpha value is -2.24. The number of carbonyl (C=O) groups is 1. The maximum absolute atomic E-state index is 13.6. The molecule has 0 aromatic heterocycles. The van der Waals surface area contributed by atoms with E-state index in [1.807, 2.05) is 18.2 Å². The van der Waals surface area contributed by atoms with E-state index in [0.29, 0.717) is 11.1 Å². The number of halogens is 1. The van der Waals surface area contributed by atoms with Gasteiger partial charge in [0, 0.05) is 11.0 Å². The Kier molecular flexibility index (Phi) is 4.29. The summed E-state index contributed by atoms with van der Waals surface area (Å²) in [5, 5.41) is 17.5. The predicted molar refractivity (Wildman–Crippen MR) is 97.6 cm³/mol. The van der Waals surface area contributed by atoms with Gasteiger partial charge in [0.05, 0.1) is 12.1 Å². The van der Waals surface area contributed by atoms with E-state index in [9.17, 15) is 14.3 Å². The van der Waals surface area contributed by atoms with Crippen molar-refractivity contribution in [3.8, 4) is 0 Å². The molecule has 0 bridgehead atoms. The van der Waals surface area contributed by atoms with E-state index in [4.69, 9.17) is 0 Å². The molecule has 1 spiro atoms. The summed E-state index contributed by atoms with van der Waals surface area (Å²) < 4.78 is 13.6. The summed E-state index contributed by atoms with van der Waals surface area (Å²) in [6.07, 6.45) is 0.965. The monoisotopic (exact) mass is 354 g/mol. The number of aryl methyl sites for hydroxylation is 1. The van der Waals surface area contributed by atoms with Gasteiger partial charge < -0.3 is 15.7 Å². The second kappa shape index (κ2) is 6.49. The Morgan fingerprint density at radius 2 is 1.96 bits per heavy atom. The summed E-state index contributed by atoms with van der Waals surface area (Å²) in [5.41, 5.74) is 2.76. The number of nitrogens with one attached hydrogen (secondary N) is 2. The molecule has 2 atom stereocenters. The van der Waals surface area contributed by atoms with Crippen LogP contribution in [0.15, 0.2) is 42.5 Å². The van der Waals surface area contributed by atoms with Crippen molar-refractivity contribution in [3.05, 3.63) is 70.5 Å². The average Bonchev–Trinajstić information content (AvgIpc) is 2.87. The molecule has 1 saturated heterocycles. The van der Waals surface area contributed by atoms with E-state index in [0.717, 1.165) is 37.1 Å². The first-order valence-electron chi connectivity index (χ1n) is 9.08. The largest absolute Gasteiger partial charge is 0.390 e. The number of aliphatic hydroxyl groups excluding tert-OH is 1. The van der Waals surface area contributed by atoms with E-state index in [1.165, 1.54) is 12.1 Å². The molecule has 0 unspecified atom stereocenters. The molecule has 0 saturated carbocycles. The average molecular weight is 354 g/mol. The summed E-state index contributed by atoms with van der Waals surface area (Å²) in [7, 11) is 0. The minimum Gasteiger partial charge on any atom is -0.390 e. The molecule has 1 aliphatic heterocycles. The third kappa shape index (κ3) is 2.63. The Morgan fingerprint density at radius 1 is 1.23 bits per heavy atom. The fourth-order valence-electron chi connectivity index (χ4n) is 4.52. The van der Waals surface area contributed by atoms with Gasteiger partial charge in [-0.25, -0.2) is 4.39 Å². The summed E-state index contributed by atoms with van der Waals surface area (Å²) in [4.78, 5) is 12.8. The lowest BCUT2D eigenvalue weighted by atomic mass is 9.72. The van der Waals surface area contributed by atoms with Gasteiger partial charge in [-0.15, -0.1) is 0 Å². The Labute approximate surface area is 152 Å². The van der Waals surface area contributed by atoms with Gasteiger partial charge in [0.2, 0.25) is 0 Å². The van der Waals surface area contributed by atoms with Gasteiger partial charge in [-0.05, 0) is 61.7 Å². The Balaban J connectivity index is 1.69. The van der Waals surface area contributed by atoms with Gasteiger partial charge in [0.25, 0.3) is 5.91 Å². The predicted octanol–water partition coefficient (Wildman–Crippen LogP) is 2.60. The lowest BCUT2D eigenvalue weighted by Gasteiger charge is -2.38. The highest BCUT2D eigenvalue weighted by Crippen LogP contribution is 2.50. The molecule has 136 valence electrons. The SMILES string of the molecule is Cc1ccc(F)cc1C(=O)N[C@@H]1c2ccccc2C2(CCNCC2)[C@H]1O. The summed E-state index contributed by atoms with van der Waals surface area (Å²) >= 11 is 0. The molecule has 1 heterocycles. The first-order chi connectivity index (χ1) is 12.5. The van der Waals surface area contributed by atoms with Crippen LogP contribution in [-0.2, 0) is 5.41 Å². The van der Waals surface area contributed by atoms with Crippen LogP contribution in [0.2, 0.25) is 0 Å². The number of aliphatic hydroxyl groups is 1. The van der Waals surface area contributed by atoms with Crippen molar-refractivity contribution in [2.75, 3.05) is 13.1 Å². The van der Waals surface area contributed by atoms with Crippen LogP contribution in [-0.4, -0.2) is 30.2 Å². The van der Waals surface area contributed by atoms with Crippen LogP contribution in [0, 0.1) is 12.7 Å². The number of piperidine rings is 1. The van der Waals surface area contributed by atoms with Crippen LogP contribution in [0.25, 0.3) is 0 Å². The molecule has 4 rings (SSSR count). The molecule has 1 fully saturated rings. The number of rotatable bonds is 2. The number of amides is 1. The first kappa shape index (κ1) is 17.2. The highest BCUT2D eigenvalue weighted by molar-refractivity contribution is 5.96. The molecular weight excluding hydrogens is 331 g/mol. The molecule has 2 aromatic rings. The second-order valence-corrected chi connectivity index (χ2v) is 7.35. The first-order valence-corrected chi connectivity index (χ1v) is 9.08. The molecule has 2 aromatic carbocycles. The lowest BCUT2D eigenvalue weighted by Crippen LogP contribution is -2.48. The van der Waals surface area contributed by atoms with E-state index < -0.39 is 18.0 Å². The molecule has 2 aliphatic rings. The molecule has 1 aliphatic carbocycles. The van der Waals surface area contributed by atoms with E-state index >= 15 is 0 Å². The van der Waals surface area contributed by atoms with Gasteiger partial charge in [-0.2, -0.15) is 0 Å². The maximum Gasteiger partial charge on any atom is 0.252 e. The summed E-state index contributed by atoms with van der Waals surface area (Å²) in [5.74, 6) is -0.796. The standard InChI is InChI=1S/C21H23FN2O2/c1-13-6-7-14(22)12-16(13)20(26)24-18-15-4-2-3-5-17(15)21(19(18)25)8-10-23-11-9-21/h2-7,12,18-19,23,25H,8-11H2,1H3,(H,24,26)/t18-,19+/m1/s1. The number of hydrogen-bond donors (Lipinski definition) is 3. The highest BCUT2D eigenvalue weighted by Gasteiger charge is 2.52. The van der Waals surface area contributed by atoms with Crippen molar-refractivity contribution in [1.29, 1.82) is 0 Å². The molecule has 3 N–H and O–H groups in total. The van der Waals surface area contributed by atoms with Gasteiger partial charge >= 0.3 is 0 Å². The zero-order valence-electron chi connectivity index (χ0n) is 14.8. The Bertz CT molecular complexity index is 846. The minimum atomic E-state index is -0.695. The van der Waals surface area contributed by atoms with E-state index in [1.54, 1.807) is 13.0 Å². The second-order valence-electron chi connectivity index (χ2n) is 7.35. The van der Waals surface area contributed by atoms with E-state index in [2.05, 4.69) is 16.7 Å². The topological polar surface area (TPSA) is 61.4 Å². The minimum absolute atomic E-state index is 0.306. The maximum atomic E-state index is 13.6. The fourth-order valence-corrected chi connectivity index (χ4v) is 4.52. The number of hydrogen-bond acceptors (Lipinski definition) is 3. The Morgan fingerprint density at radius 3 is 2.73 bits per heavy atom. The van der Waals surface area contributed by atoms with Crippen LogP contribution in [0.5, 0.6) is 0 Å². The van der Waals surface area contributed by atoms with Gasteiger partial charge in [0.1, 0.15) is 5.82 Å². The van der Waals surface area contributed by atoms with Crippen LogP contribution < -0.4 is 10.6 Å². The quantitative estimate of drug-likeness (QED) is 0.777. The molecule has 0 radical (unpaired) electrons. The molecular formula is C21H23FN2O2. The molecule has 1 amide bonds. The van der Waals surface area contributed by atoms with E-state index in [-0.39, 0.29) is 11.3 Å². The highest BCUT2D eigenvalue weighted by atomic mass is 19.1. The number of benzene rings is 2. The van der Waals surface area contributed by atoms with Crippen molar-refractivity contribution < 1.29 is 14.3 Å². The molecule has 26 heavy (non-hydrogen) atoms. The van der Waals surface area contributed by atoms with Crippen molar-refractivity contribution in [2.45, 2.75) is 37.3 Å². The molecule has 5 heteroatoms. The summed E-state index contributed by atoms with van der Waals surface area (Å²) in [6.45, 7) is 3.46. The third-order valence-corrected chi connectivity index (χ3v) is 5.94. The summed E-state index contributed by atoms with van der Waals surface area (Å²) in [6, 6.07) is 11.6. The van der Waals surface area contributed by atoms with Gasteiger partial charge in [-0.3, -0.25) is 4.79 Å². The van der Waals surface area contributed by atoms with Crippen molar-refractivity contribution >= 4 is 5.91 Å². The van der Waals surface area contributed by atoms with Gasteiger partial charge in [0.15, 0.2) is 0 Å². The van der Waals surface area contributed by atoms with Crippen LogP contribution in [0.1, 0.15) is 45.9 Å². The molecule has 4 nitrogen and oxygen atoms in total. The smallest absolute Gasteiger partial charge is 0.252 e. The van der Waals surface area contributed by atoms with Crippen molar-refractivity contribution in [3.63, 3.8) is 0 Å². The fraction of sp³-hybridized carbons (Fsp3) is 0.381. The van der Waals surface area contributed by atoms with Crippen LogP contribution in [0.3, 0.4) is 0 Å². The van der Waals surface area contributed by atoms with Crippen molar-refractivity contribution in [1.82, 2.24) is 10.6 Å². The van der Waals surface area contributed by atoms with Crippen LogP contribution >= 0.6 is 0 Å². The number of fused-ring (bicyclic) bond motifs is 2. The normalized spacial score (nSPS) is 23.7. The van der Waals surface area contributed by atoms with Crippen molar-refractivity contribution in [2.24, 2.45) is 0 Å². The lowest BCUT2D eigenvalue weighted by molar-refractivity contribution is 0.0418. The van der Waals surface area contributed by atoms with Gasteiger partial charge in [-0.1, -0.05) is 30.3 Å². The zero-order chi connectivity index (χ0) is 18.3. The zero-order valence-corrected chi connectivity index (χ0v) is 14.8. The third-order valence-electron chi connectivity index (χ3n) is 5.94.